The SMILES string of the molecule is C/C=C/C1=CN2C(=O)c3cc(OC)c(OCCCOc4cc5c(cc4OC)C(=O)N(/C=C(/C=C/C)CC)C[C@H](O)N5C(=O)OCc4ccc(NC(=O)[C@H](C)NC(=O)[C@@H](NC(=O)CCOCCOCCOCCOCCNC(=O)Cc5ccccccccc5)C(C)C)cc4)cc3N=C[C@@H]2C1. The summed E-state index contributed by atoms with van der Waals surface area (Å²) >= 11 is 0. The molecule has 0 saturated carbocycles. The van der Waals surface area contributed by atoms with Crippen molar-refractivity contribution in [2.75, 3.05) is 104 Å². The summed E-state index contributed by atoms with van der Waals surface area (Å²) in [6.07, 6.45) is 12.1. The number of methoxy groups -OCH3 is 2. The number of aliphatic imine (C=N–C) groups is 1. The second-order valence-electron chi connectivity index (χ2n) is 23.7. The van der Waals surface area contributed by atoms with Crippen molar-refractivity contribution in [1.82, 2.24) is 25.8 Å². The topological polar surface area (TPSA) is 293 Å². The van der Waals surface area contributed by atoms with Crippen LogP contribution >= 0.6 is 0 Å². The molecule has 3 aliphatic heterocycles. The molecule has 0 radical (unpaired) electrons. The first-order chi connectivity index (χ1) is 48.4. The molecule has 7 rings (SSSR count). The molecule has 4 atom stereocenters. The van der Waals surface area contributed by atoms with Crippen LogP contribution in [0.1, 0.15) is 99.1 Å². The highest BCUT2D eigenvalue weighted by molar-refractivity contribution is 6.06. The molecule has 25 nitrogen and oxygen atoms in total. The van der Waals surface area contributed by atoms with Crippen LogP contribution in [0.15, 0.2) is 156 Å². The number of amides is 7. The smallest absolute Gasteiger partial charge is 0.416 e. The van der Waals surface area contributed by atoms with Crippen LogP contribution in [0.25, 0.3) is 0 Å². The Morgan fingerprint density at radius 3 is 1.92 bits per heavy atom. The monoisotopic (exact) mass is 1380 g/mol. The van der Waals surface area contributed by atoms with Gasteiger partial charge >= 0.3 is 6.09 Å². The number of aliphatic hydroxyl groups excluding tert-OH is 1. The Balaban J connectivity index is 0.835. The Morgan fingerprint density at radius 1 is 0.680 bits per heavy atom. The number of aliphatic hydroxyl groups is 1. The molecule has 0 aliphatic carbocycles. The van der Waals surface area contributed by atoms with Gasteiger partial charge in [-0.2, -0.15) is 0 Å². The minimum Gasteiger partial charge on any atom is -0.493 e. The van der Waals surface area contributed by atoms with Crippen LogP contribution in [0.5, 0.6) is 23.0 Å². The second-order valence-corrected chi connectivity index (χ2v) is 23.7. The highest BCUT2D eigenvalue weighted by Crippen LogP contribution is 2.41. The largest absolute Gasteiger partial charge is 0.493 e. The molecule has 4 aromatic rings. The first kappa shape index (κ1) is 77.4. The van der Waals surface area contributed by atoms with Crippen LogP contribution in [0.3, 0.4) is 0 Å². The first-order valence-electron chi connectivity index (χ1n) is 33.6. The van der Waals surface area contributed by atoms with E-state index in [0.717, 1.165) is 21.6 Å². The normalized spacial score (nSPS) is 15.6. The number of fused-ring (bicyclic) bond motifs is 3. The minimum atomic E-state index is -1.60. The van der Waals surface area contributed by atoms with E-state index in [4.69, 9.17) is 42.6 Å². The van der Waals surface area contributed by atoms with Crippen LogP contribution in [-0.4, -0.2) is 180 Å². The third-order valence-corrected chi connectivity index (χ3v) is 15.8. The van der Waals surface area contributed by atoms with Gasteiger partial charge in [-0.05, 0) is 86.1 Å². The number of nitrogens with zero attached hydrogens (tertiary/aromatic N) is 4. The summed E-state index contributed by atoms with van der Waals surface area (Å²) in [5.74, 6) is -1.56. The van der Waals surface area contributed by atoms with Gasteiger partial charge in [-0.25, -0.2) is 9.69 Å². The Bertz CT molecular complexity index is 3620. The number of β-amino-alcohol motifs (C(OH)–C–C–N with tert-alkyl or cyclic N) is 1. The fourth-order valence-corrected chi connectivity index (χ4v) is 10.6. The maximum absolute atomic E-state index is 14.4. The van der Waals surface area contributed by atoms with Crippen molar-refractivity contribution >= 4 is 64.8 Å². The summed E-state index contributed by atoms with van der Waals surface area (Å²) in [5.41, 5.74) is 4.45. The van der Waals surface area contributed by atoms with Crippen LogP contribution in [0.4, 0.5) is 21.9 Å². The molecule has 536 valence electrons. The van der Waals surface area contributed by atoms with E-state index >= 15 is 0 Å². The van der Waals surface area contributed by atoms with Crippen LogP contribution in [0.2, 0.25) is 0 Å². The summed E-state index contributed by atoms with van der Waals surface area (Å²) < 4.78 is 51.8. The lowest BCUT2D eigenvalue weighted by Gasteiger charge is -2.27. The van der Waals surface area contributed by atoms with Gasteiger partial charge in [-0.1, -0.05) is 112 Å². The highest BCUT2D eigenvalue weighted by atomic mass is 16.6. The van der Waals surface area contributed by atoms with Gasteiger partial charge < -0.3 is 78.8 Å². The molecule has 0 fully saturated rings. The first-order valence-corrected chi connectivity index (χ1v) is 33.6. The van der Waals surface area contributed by atoms with Gasteiger partial charge in [0.25, 0.3) is 11.8 Å². The quantitative estimate of drug-likeness (QED) is 0.0208. The number of anilines is 2. The zero-order valence-electron chi connectivity index (χ0n) is 58.2. The lowest BCUT2D eigenvalue weighted by Crippen LogP contribution is -2.53. The average Bonchev–Trinajstić information content (AvgIpc) is 1.57. The van der Waals surface area contributed by atoms with E-state index in [1.807, 2.05) is 106 Å². The summed E-state index contributed by atoms with van der Waals surface area (Å²) in [7, 11) is 2.91. The van der Waals surface area contributed by atoms with Gasteiger partial charge in [-0.3, -0.25) is 33.8 Å². The average molecular weight is 1380 g/mol. The molecule has 0 unspecified atom stereocenters. The lowest BCUT2D eigenvalue weighted by atomic mass is 10.0. The predicted octanol–water partition coefficient (Wildman–Crippen LogP) is 9.25. The molecule has 0 saturated heterocycles. The molecule has 3 aliphatic rings. The number of hydrogen-bond donors (Lipinski definition) is 5. The van der Waals surface area contributed by atoms with Crippen molar-refractivity contribution in [2.24, 2.45) is 10.9 Å². The third kappa shape index (κ3) is 23.6. The number of ether oxygens (including phenoxy) is 9. The van der Waals surface area contributed by atoms with E-state index in [2.05, 4.69) is 26.3 Å². The predicted molar refractivity (Wildman–Crippen MR) is 378 cm³/mol. The van der Waals surface area contributed by atoms with Gasteiger partial charge in [-0.15, -0.1) is 0 Å². The van der Waals surface area contributed by atoms with Crippen LogP contribution < -0.4 is 45.1 Å². The zero-order valence-corrected chi connectivity index (χ0v) is 58.2. The molecule has 3 heterocycles. The summed E-state index contributed by atoms with van der Waals surface area (Å²) in [6, 6.07) is 27.6. The van der Waals surface area contributed by atoms with Crippen molar-refractivity contribution in [3.63, 3.8) is 0 Å². The fourth-order valence-electron chi connectivity index (χ4n) is 10.6. The van der Waals surface area contributed by atoms with Crippen LogP contribution in [0, 0.1) is 5.92 Å². The van der Waals surface area contributed by atoms with E-state index in [-0.39, 0.29) is 106 Å². The Hall–Kier alpha value is -9.92. The van der Waals surface area contributed by atoms with E-state index < -0.39 is 48.0 Å². The minimum absolute atomic E-state index is 0.00173. The molecular formula is C75H94N8O17. The number of allylic oxidation sites excluding steroid dienone is 5. The summed E-state index contributed by atoms with van der Waals surface area (Å²) in [6.45, 7) is 13.1. The van der Waals surface area contributed by atoms with Gasteiger partial charge in [0.1, 0.15) is 18.7 Å². The molecular weight excluding hydrogens is 1280 g/mol. The maximum atomic E-state index is 14.4. The molecule has 25 heteroatoms. The maximum Gasteiger partial charge on any atom is 0.416 e. The van der Waals surface area contributed by atoms with E-state index in [1.54, 1.807) is 67.6 Å². The number of nitrogens with one attached hydrogen (secondary N) is 4. The standard InChI is InChI=1S/C75H94N8O17/c1-9-20-53(11-3)47-81-49-69(86)83(62-45-66(64(93-8)43-60(62)73(81)89)99-31-19-30-98-65-44-61-59(42-63(65)92-7)74(90)82-48-56(21-10-2)40-58(82)46-77-61)75(91)100-50-55-24-26-57(27-25-55)79-71(87)52(6)78-72(88)70(51(4)5)80-67(84)28-32-94-34-36-96-38-39-97-37-35-95-33-29-76-68(85)41-54-22-17-15-13-12-14-16-18-23-54/h9-10,12-18,20-27,42-48,51-52,58,69-70,86H,11,19,28-41,49-50H2,1-8H3,(H,76,85)(H,78,88)(H,79,87)(H,80,84)/b13-12?,14-12?,15-13?,16-14?,17-15?,18-16?,20-9+,21-10+,22-17?,23-18?,53-47+,54-22?,54-23?/t52-,58-,69-,70-/m0/s1. The fraction of sp³-hybridized carbons (Fsp3) is 0.413. The number of hydrogen-bond acceptors (Lipinski definition) is 18. The Labute approximate surface area is 584 Å². The van der Waals surface area contributed by atoms with Crippen molar-refractivity contribution in [1.29, 1.82) is 0 Å². The highest BCUT2D eigenvalue weighted by Gasteiger charge is 2.38. The number of rotatable bonds is 37. The number of carbonyl (C=O) groups excluding carboxylic acids is 7. The van der Waals surface area contributed by atoms with Crippen molar-refractivity contribution < 1.29 is 81.3 Å². The molecule has 5 N–H and O–H groups in total. The molecule has 7 amide bonds. The van der Waals surface area contributed by atoms with Crippen LogP contribution in [-0.2, 0) is 55.9 Å². The molecule has 100 heavy (non-hydrogen) atoms. The number of carbonyl (C=O) groups is 7. The molecule has 0 bridgehead atoms. The van der Waals surface area contributed by atoms with Gasteiger partial charge in [0.15, 0.2) is 29.2 Å². The Kier molecular flexibility index (Phi) is 31.6. The van der Waals surface area contributed by atoms with E-state index in [1.165, 1.54) is 38.2 Å². The van der Waals surface area contributed by atoms with Gasteiger partial charge in [0, 0.05) is 55.8 Å². The Morgan fingerprint density at radius 2 is 1.30 bits per heavy atom. The molecule has 4 aromatic carbocycles. The van der Waals surface area contributed by atoms with E-state index in [0.29, 0.717) is 92.8 Å². The third-order valence-electron chi connectivity index (χ3n) is 15.8. The van der Waals surface area contributed by atoms with Gasteiger partial charge in [0.05, 0.1) is 122 Å². The lowest BCUT2D eigenvalue weighted by molar-refractivity contribution is -0.132. The molecule has 0 aromatic heterocycles. The summed E-state index contributed by atoms with van der Waals surface area (Å²) in [4.78, 5) is 103. The zero-order chi connectivity index (χ0) is 71.8. The molecule has 0 spiro atoms. The second kappa shape index (κ2) is 40.8. The van der Waals surface area contributed by atoms with Gasteiger partial charge in [0.2, 0.25) is 23.6 Å². The van der Waals surface area contributed by atoms with Crippen molar-refractivity contribution in [3.05, 3.63) is 173 Å². The van der Waals surface area contributed by atoms with Crippen molar-refractivity contribution in [3.8, 4) is 23.0 Å². The summed E-state index contributed by atoms with van der Waals surface area (Å²) in [5, 5.41) is 22.9. The van der Waals surface area contributed by atoms with Crippen molar-refractivity contribution in [2.45, 2.75) is 105 Å². The number of benzene rings is 3. The van der Waals surface area contributed by atoms with E-state index in [9.17, 15) is 38.7 Å².